The fraction of sp³-hybridized carbons (Fsp3) is 0. The van der Waals surface area contributed by atoms with Crippen LogP contribution in [0.5, 0.6) is 0 Å². The average Bonchev–Trinajstić information content (AvgIpc) is 2.85. The van der Waals surface area contributed by atoms with Crippen molar-refractivity contribution >= 4 is 39.2 Å². The number of nitrogens with zero attached hydrogens (tertiary/aromatic N) is 1. The van der Waals surface area contributed by atoms with Gasteiger partial charge in [0.15, 0.2) is 0 Å². The molecule has 0 unspecified atom stereocenters. The van der Waals surface area contributed by atoms with Crippen LogP contribution in [0.2, 0.25) is 0 Å². The second-order valence-electron chi connectivity index (χ2n) is 3.98. The molecule has 1 aromatic heterocycles. The van der Waals surface area contributed by atoms with Gasteiger partial charge < -0.3 is 15.4 Å². The van der Waals surface area contributed by atoms with Crippen molar-refractivity contribution in [2.45, 2.75) is 0 Å². The van der Waals surface area contributed by atoms with E-state index in [1.165, 1.54) is 12.3 Å². The summed E-state index contributed by atoms with van der Waals surface area (Å²) in [6, 6.07) is 4.62. The quantitative estimate of drug-likeness (QED) is 0.575. The Labute approximate surface area is 126 Å². The standard InChI is InChI=1S/C12H8BrN3O5/c13-6-3-10(14-5-6)11(17)15-9-4-7(16(20)21)1-2-8(9)12(18)19/h1-5,14H,(H,15,17)(H,18,19). The van der Waals surface area contributed by atoms with Gasteiger partial charge in [0.05, 0.1) is 16.2 Å². The van der Waals surface area contributed by atoms with Crippen molar-refractivity contribution in [3.63, 3.8) is 0 Å². The third-order valence-electron chi connectivity index (χ3n) is 2.58. The molecule has 0 aliphatic heterocycles. The summed E-state index contributed by atoms with van der Waals surface area (Å²) in [5, 5.41) is 22.1. The number of non-ortho nitro benzene ring substituents is 1. The molecular formula is C12H8BrN3O5. The van der Waals surface area contributed by atoms with Crippen LogP contribution in [0.4, 0.5) is 11.4 Å². The Morgan fingerprint density at radius 2 is 2.05 bits per heavy atom. The molecule has 1 heterocycles. The third-order valence-corrected chi connectivity index (χ3v) is 3.04. The zero-order chi connectivity index (χ0) is 15.6. The molecular weight excluding hydrogens is 346 g/mol. The van der Waals surface area contributed by atoms with Crippen LogP contribution in [0.3, 0.4) is 0 Å². The number of carbonyl (C=O) groups is 2. The maximum atomic E-state index is 12.0. The average molecular weight is 354 g/mol. The summed E-state index contributed by atoms with van der Waals surface area (Å²) in [4.78, 5) is 35.8. The lowest BCUT2D eigenvalue weighted by Gasteiger charge is -2.07. The zero-order valence-electron chi connectivity index (χ0n) is 10.3. The predicted molar refractivity (Wildman–Crippen MR) is 76.5 cm³/mol. The van der Waals surface area contributed by atoms with Crippen LogP contribution >= 0.6 is 15.9 Å². The Morgan fingerprint density at radius 1 is 1.33 bits per heavy atom. The highest BCUT2D eigenvalue weighted by atomic mass is 79.9. The van der Waals surface area contributed by atoms with Gasteiger partial charge in [-0.05, 0) is 28.1 Å². The number of aromatic nitrogens is 1. The van der Waals surface area contributed by atoms with E-state index in [4.69, 9.17) is 5.11 Å². The molecule has 1 aromatic carbocycles. The molecule has 2 rings (SSSR count). The number of amides is 1. The number of nitro groups is 1. The molecule has 0 aliphatic carbocycles. The number of nitrogens with one attached hydrogen (secondary N) is 2. The maximum absolute atomic E-state index is 12.0. The number of carboxylic acids is 1. The fourth-order valence-corrected chi connectivity index (χ4v) is 1.97. The van der Waals surface area contributed by atoms with E-state index < -0.39 is 16.8 Å². The number of H-pyrrole nitrogens is 1. The molecule has 21 heavy (non-hydrogen) atoms. The molecule has 0 saturated carbocycles. The Hall–Kier alpha value is -2.68. The van der Waals surface area contributed by atoms with Crippen molar-refractivity contribution in [3.05, 3.63) is 56.3 Å². The highest BCUT2D eigenvalue weighted by Gasteiger charge is 2.18. The second kappa shape index (κ2) is 5.75. The molecule has 0 spiro atoms. The molecule has 108 valence electrons. The summed E-state index contributed by atoms with van der Waals surface area (Å²) < 4.78 is 0.644. The zero-order valence-corrected chi connectivity index (χ0v) is 11.9. The Balaban J connectivity index is 2.37. The first-order chi connectivity index (χ1) is 9.88. The Morgan fingerprint density at radius 3 is 2.57 bits per heavy atom. The number of benzene rings is 1. The topological polar surface area (TPSA) is 125 Å². The molecule has 0 aliphatic rings. The van der Waals surface area contributed by atoms with Crippen molar-refractivity contribution in [1.29, 1.82) is 0 Å². The van der Waals surface area contributed by atoms with E-state index in [0.717, 1.165) is 18.2 Å². The first kappa shape index (κ1) is 14.7. The molecule has 8 nitrogen and oxygen atoms in total. The summed E-state index contributed by atoms with van der Waals surface area (Å²) >= 11 is 3.16. The molecule has 0 fully saturated rings. The SMILES string of the molecule is O=C(Nc1cc([N+](=O)[O-])ccc1C(=O)O)c1cc(Br)c[nH]1. The smallest absolute Gasteiger partial charge is 0.337 e. The van der Waals surface area contributed by atoms with Crippen LogP contribution < -0.4 is 5.32 Å². The molecule has 0 saturated heterocycles. The first-order valence-electron chi connectivity index (χ1n) is 5.55. The highest BCUT2D eigenvalue weighted by Crippen LogP contribution is 2.23. The van der Waals surface area contributed by atoms with Crippen LogP contribution in [0.15, 0.2) is 34.9 Å². The van der Waals surface area contributed by atoms with Gasteiger partial charge in [-0.15, -0.1) is 0 Å². The summed E-state index contributed by atoms with van der Waals surface area (Å²) in [6.07, 6.45) is 1.53. The number of aromatic carboxylic acids is 1. The van der Waals surface area contributed by atoms with E-state index in [0.29, 0.717) is 4.47 Å². The van der Waals surface area contributed by atoms with Crippen molar-refractivity contribution in [2.75, 3.05) is 5.32 Å². The van der Waals surface area contributed by atoms with Crippen LogP contribution in [-0.2, 0) is 0 Å². The minimum absolute atomic E-state index is 0.146. The summed E-state index contributed by atoms with van der Waals surface area (Å²) in [7, 11) is 0. The maximum Gasteiger partial charge on any atom is 0.337 e. The van der Waals surface area contributed by atoms with Gasteiger partial charge in [0.25, 0.3) is 11.6 Å². The van der Waals surface area contributed by atoms with E-state index in [1.54, 1.807) is 0 Å². The molecule has 0 bridgehead atoms. The summed E-state index contributed by atoms with van der Waals surface area (Å²) in [5.74, 6) is -1.91. The lowest BCUT2D eigenvalue weighted by atomic mass is 10.1. The van der Waals surface area contributed by atoms with Crippen LogP contribution in [-0.4, -0.2) is 26.9 Å². The second-order valence-corrected chi connectivity index (χ2v) is 4.89. The lowest BCUT2D eigenvalue weighted by Crippen LogP contribution is -2.15. The molecule has 3 N–H and O–H groups in total. The largest absolute Gasteiger partial charge is 0.478 e. The number of hydrogen-bond donors (Lipinski definition) is 3. The number of hydrogen-bond acceptors (Lipinski definition) is 4. The van der Waals surface area contributed by atoms with Crippen molar-refractivity contribution < 1.29 is 19.6 Å². The fourth-order valence-electron chi connectivity index (χ4n) is 1.62. The van der Waals surface area contributed by atoms with Gasteiger partial charge in [-0.25, -0.2) is 4.79 Å². The van der Waals surface area contributed by atoms with Gasteiger partial charge in [0.1, 0.15) is 5.69 Å². The van der Waals surface area contributed by atoms with E-state index in [-0.39, 0.29) is 22.6 Å². The molecule has 1 amide bonds. The number of rotatable bonds is 4. The lowest BCUT2D eigenvalue weighted by molar-refractivity contribution is -0.384. The predicted octanol–water partition coefficient (Wildman–Crippen LogP) is 2.64. The number of halogens is 1. The van der Waals surface area contributed by atoms with Crippen LogP contribution in [0, 0.1) is 10.1 Å². The third kappa shape index (κ3) is 3.26. The van der Waals surface area contributed by atoms with Gasteiger partial charge in [0.2, 0.25) is 0 Å². The Kier molecular flexibility index (Phi) is 4.03. The molecule has 9 heteroatoms. The number of nitro benzene ring substituents is 1. The molecule has 0 atom stereocenters. The monoisotopic (exact) mass is 353 g/mol. The molecule has 0 radical (unpaired) electrons. The number of carbonyl (C=O) groups excluding carboxylic acids is 1. The summed E-state index contributed by atoms with van der Waals surface area (Å²) in [5.41, 5.74) is -0.514. The van der Waals surface area contributed by atoms with Crippen molar-refractivity contribution in [3.8, 4) is 0 Å². The van der Waals surface area contributed by atoms with Crippen molar-refractivity contribution in [2.24, 2.45) is 0 Å². The minimum Gasteiger partial charge on any atom is -0.478 e. The van der Waals surface area contributed by atoms with E-state index >= 15 is 0 Å². The summed E-state index contributed by atoms with van der Waals surface area (Å²) in [6.45, 7) is 0. The molecule has 2 aromatic rings. The Bertz CT molecular complexity index is 740. The number of aromatic amines is 1. The van der Waals surface area contributed by atoms with Crippen LogP contribution in [0.1, 0.15) is 20.8 Å². The van der Waals surface area contributed by atoms with Gasteiger partial charge in [-0.3, -0.25) is 14.9 Å². The normalized spacial score (nSPS) is 10.1. The van der Waals surface area contributed by atoms with Crippen molar-refractivity contribution in [1.82, 2.24) is 4.98 Å². The highest BCUT2D eigenvalue weighted by molar-refractivity contribution is 9.10. The van der Waals surface area contributed by atoms with E-state index in [9.17, 15) is 19.7 Å². The van der Waals surface area contributed by atoms with Gasteiger partial charge >= 0.3 is 5.97 Å². The van der Waals surface area contributed by atoms with Gasteiger partial charge in [-0.2, -0.15) is 0 Å². The number of anilines is 1. The van der Waals surface area contributed by atoms with E-state index in [1.807, 2.05) is 0 Å². The van der Waals surface area contributed by atoms with Gasteiger partial charge in [-0.1, -0.05) is 0 Å². The van der Waals surface area contributed by atoms with Gasteiger partial charge in [0, 0.05) is 22.8 Å². The number of carboxylic acid groups (broad SMARTS) is 1. The minimum atomic E-state index is -1.30. The van der Waals surface area contributed by atoms with Crippen LogP contribution in [0.25, 0.3) is 0 Å². The first-order valence-corrected chi connectivity index (χ1v) is 6.35. The van der Waals surface area contributed by atoms with E-state index in [2.05, 4.69) is 26.2 Å².